The maximum atomic E-state index is 12.7. The van der Waals surface area contributed by atoms with Crippen molar-refractivity contribution in [2.24, 2.45) is 5.73 Å². The van der Waals surface area contributed by atoms with E-state index in [1.807, 2.05) is 47.4 Å². The fourth-order valence-electron chi connectivity index (χ4n) is 3.35. The second kappa shape index (κ2) is 7.21. The molecule has 1 aliphatic heterocycles. The molecule has 0 aliphatic carbocycles. The van der Waals surface area contributed by atoms with Crippen LogP contribution >= 0.6 is 12.4 Å². The van der Waals surface area contributed by atoms with Crippen LogP contribution in [-0.4, -0.2) is 44.9 Å². The highest BCUT2D eigenvalue weighted by Crippen LogP contribution is 2.26. The van der Waals surface area contributed by atoms with Crippen LogP contribution in [0.2, 0.25) is 0 Å². The molecule has 4 rings (SSSR count). The van der Waals surface area contributed by atoms with E-state index < -0.39 is 0 Å². The van der Waals surface area contributed by atoms with Crippen molar-refractivity contribution in [2.45, 2.75) is 18.5 Å². The van der Waals surface area contributed by atoms with E-state index in [1.54, 1.807) is 4.68 Å². The Balaban J connectivity index is 0.00000182. The zero-order chi connectivity index (χ0) is 16.5. The minimum absolute atomic E-state index is 0. The molecule has 2 atom stereocenters. The minimum atomic E-state index is -0.0381. The molecule has 1 fully saturated rings. The van der Waals surface area contributed by atoms with Gasteiger partial charge >= 0.3 is 0 Å². The number of para-hydroxylation sites is 1. The van der Waals surface area contributed by atoms with E-state index in [4.69, 9.17) is 5.73 Å². The maximum Gasteiger partial charge on any atom is 0.244 e. The SMILES string of the molecule is Cl.N[C@@H]1CN(C(=O)Cn2nnc3ccccc32)C[C@H]1c1ccccc1. The highest BCUT2D eigenvalue weighted by atomic mass is 35.5. The average Bonchev–Trinajstić information content (AvgIpc) is 3.20. The topological polar surface area (TPSA) is 77.0 Å². The maximum absolute atomic E-state index is 12.7. The molecule has 0 unspecified atom stereocenters. The van der Waals surface area contributed by atoms with E-state index in [9.17, 15) is 4.79 Å². The van der Waals surface area contributed by atoms with Gasteiger partial charge in [-0.25, -0.2) is 4.68 Å². The van der Waals surface area contributed by atoms with Crippen molar-refractivity contribution in [1.29, 1.82) is 0 Å². The second-order valence-corrected chi connectivity index (χ2v) is 6.22. The summed E-state index contributed by atoms with van der Waals surface area (Å²) in [5.74, 6) is 0.210. The summed E-state index contributed by atoms with van der Waals surface area (Å²) in [5, 5.41) is 8.18. The Morgan fingerprint density at radius 1 is 1.08 bits per heavy atom. The van der Waals surface area contributed by atoms with Crippen LogP contribution in [0.25, 0.3) is 11.0 Å². The number of nitrogens with two attached hydrogens (primary N) is 1. The van der Waals surface area contributed by atoms with Crippen molar-refractivity contribution in [3.8, 4) is 0 Å². The molecule has 2 aromatic carbocycles. The molecule has 0 bridgehead atoms. The zero-order valence-electron chi connectivity index (χ0n) is 13.7. The molecule has 1 aliphatic rings. The van der Waals surface area contributed by atoms with Crippen LogP contribution in [0.15, 0.2) is 54.6 Å². The number of nitrogens with zero attached hydrogens (tertiary/aromatic N) is 4. The number of aromatic nitrogens is 3. The van der Waals surface area contributed by atoms with Gasteiger partial charge in [-0.1, -0.05) is 47.7 Å². The molecule has 0 spiro atoms. The summed E-state index contributed by atoms with van der Waals surface area (Å²) in [5.41, 5.74) is 9.13. The average molecular weight is 358 g/mol. The molecule has 1 saturated heterocycles. The summed E-state index contributed by atoms with van der Waals surface area (Å²) >= 11 is 0. The first kappa shape index (κ1) is 17.4. The van der Waals surface area contributed by atoms with Crippen LogP contribution in [0.4, 0.5) is 0 Å². The molecule has 0 radical (unpaired) electrons. The lowest BCUT2D eigenvalue weighted by atomic mass is 9.95. The van der Waals surface area contributed by atoms with Crippen molar-refractivity contribution >= 4 is 29.3 Å². The number of likely N-dealkylation sites (tertiary alicyclic amines) is 1. The minimum Gasteiger partial charge on any atom is -0.339 e. The summed E-state index contributed by atoms with van der Waals surface area (Å²) in [7, 11) is 0. The van der Waals surface area contributed by atoms with E-state index in [2.05, 4.69) is 22.4 Å². The predicted molar refractivity (Wildman–Crippen MR) is 98.5 cm³/mol. The molecule has 2 heterocycles. The number of hydrogen-bond donors (Lipinski definition) is 1. The monoisotopic (exact) mass is 357 g/mol. The van der Waals surface area contributed by atoms with Gasteiger partial charge in [0.15, 0.2) is 0 Å². The molecule has 1 aromatic heterocycles. The fraction of sp³-hybridized carbons (Fsp3) is 0.278. The number of hydrogen-bond acceptors (Lipinski definition) is 4. The molecular formula is C18H20ClN5O. The summed E-state index contributed by atoms with van der Waals surface area (Å²) in [6.07, 6.45) is 0. The smallest absolute Gasteiger partial charge is 0.244 e. The van der Waals surface area contributed by atoms with Crippen LogP contribution in [-0.2, 0) is 11.3 Å². The van der Waals surface area contributed by atoms with Crippen LogP contribution in [0.1, 0.15) is 11.5 Å². The van der Waals surface area contributed by atoms with Crippen molar-refractivity contribution in [1.82, 2.24) is 19.9 Å². The van der Waals surface area contributed by atoms with Crippen molar-refractivity contribution in [2.75, 3.05) is 13.1 Å². The number of amides is 1. The van der Waals surface area contributed by atoms with Crippen molar-refractivity contribution in [3.63, 3.8) is 0 Å². The Morgan fingerprint density at radius 3 is 2.60 bits per heavy atom. The molecule has 25 heavy (non-hydrogen) atoms. The van der Waals surface area contributed by atoms with Gasteiger partial charge in [0.1, 0.15) is 12.1 Å². The van der Waals surface area contributed by atoms with Crippen LogP contribution < -0.4 is 5.73 Å². The Bertz CT molecular complexity index is 866. The van der Waals surface area contributed by atoms with Gasteiger partial charge in [0.25, 0.3) is 0 Å². The van der Waals surface area contributed by atoms with E-state index in [0.29, 0.717) is 13.1 Å². The summed E-state index contributed by atoms with van der Waals surface area (Å²) in [4.78, 5) is 14.5. The van der Waals surface area contributed by atoms with Crippen LogP contribution in [0, 0.1) is 0 Å². The third kappa shape index (κ3) is 3.36. The number of carbonyl (C=O) groups excluding carboxylic acids is 1. The molecule has 2 N–H and O–H groups in total. The first-order valence-electron chi connectivity index (χ1n) is 8.09. The highest BCUT2D eigenvalue weighted by molar-refractivity contribution is 5.85. The Labute approximate surface area is 152 Å². The van der Waals surface area contributed by atoms with Crippen molar-refractivity contribution in [3.05, 3.63) is 60.2 Å². The van der Waals surface area contributed by atoms with Gasteiger partial charge in [-0.05, 0) is 17.7 Å². The molecule has 6 nitrogen and oxygen atoms in total. The lowest BCUT2D eigenvalue weighted by Gasteiger charge is -2.16. The van der Waals surface area contributed by atoms with E-state index in [-0.39, 0.29) is 36.8 Å². The Kier molecular flexibility index (Phi) is 5.01. The summed E-state index contributed by atoms with van der Waals surface area (Å²) < 4.78 is 1.65. The quantitative estimate of drug-likeness (QED) is 0.775. The molecule has 130 valence electrons. The van der Waals surface area contributed by atoms with Gasteiger partial charge in [-0.3, -0.25) is 4.79 Å². The van der Waals surface area contributed by atoms with Gasteiger partial charge in [0, 0.05) is 25.0 Å². The van der Waals surface area contributed by atoms with Gasteiger partial charge in [0.05, 0.1) is 5.52 Å². The lowest BCUT2D eigenvalue weighted by molar-refractivity contribution is -0.131. The summed E-state index contributed by atoms with van der Waals surface area (Å²) in [6, 6.07) is 17.8. The number of halogens is 1. The molecule has 1 amide bonds. The first-order valence-corrected chi connectivity index (χ1v) is 8.09. The van der Waals surface area contributed by atoms with Gasteiger partial charge in [-0.15, -0.1) is 17.5 Å². The van der Waals surface area contributed by atoms with Gasteiger partial charge in [-0.2, -0.15) is 0 Å². The summed E-state index contributed by atoms with van der Waals surface area (Å²) in [6.45, 7) is 1.41. The fourth-order valence-corrected chi connectivity index (χ4v) is 3.35. The predicted octanol–water partition coefficient (Wildman–Crippen LogP) is 1.81. The molecule has 7 heteroatoms. The number of rotatable bonds is 3. The lowest BCUT2D eigenvalue weighted by Crippen LogP contribution is -2.34. The van der Waals surface area contributed by atoms with Gasteiger partial charge in [0.2, 0.25) is 5.91 Å². The van der Waals surface area contributed by atoms with Crippen LogP contribution in [0.3, 0.4) is 0 Å². The highest BCUT2D eigenvalue weighted by Gasteiger charge is 2.33. The van der Waals surface area contributed by atoms with E-state index in [0.717, 1.165) is 11.0 Å². The third-order valence-corrected chi connectivity index (χ3v) is 4.65. The number of carbonyl (C=O) groups is 1. The number of fused-ring (bicyclic) bond motifs is 1. The Morgan fingerprint density at radius 2 is 1.80 bits per heavy atom. The largest absolute Gasteiger partial charge is 0.339 e. The molecule has 0 saturated carbocycles. The van der Waals surface area contributed by atoms with Crippen LogP contribution in [0.5, 0.6) is 0 Å². The second-order valence-electron chi connectivity index (χ2n) is 6.22. The third-order valence-electron chi connectivity index (χ3n) is 4.65. The Hall–Kier alpha value is -2.44. The number of benzene rings is 2. The first-order chi connectivity index (χ1) is 11.7. The normalized spacial score (nSPS) is 19.8. The molecular weight excluding hydrogens is 338 g/mol. The molecule has 3 aromatic rings. The van der Waals surface area contributed by atoms with E-state index >= 15 is 0 Å². The van der Waals surface area contributed by atoms with E-state index in [1.165, 1.54) is 5.56 Å². The standard InChI is InChI=1S/C18H19N5O.ClH/c19-15-11-22(10-14(15)13-6-2-1-3-7-13)18(24)12-23-17-9-5-4-8-16(17)20-21-23;/h1-9,14-15H,10-12,19H2;1H/t14-,15+;/m0./s1. The van der Waals surface area contributed by atoms with Gasteiger partial charge < -0.3 is 10.6 Å². The zero-order valence-corrected chi connectivity index (χ0v) is 14.5. The van der Waals surface area contributed by atoms with Crippen molar-refractivity contribution < 1.29 is 4.79 Å².